The maximum atomic E-state index is 15.0. The first-order valence-electron chi connectivity index (χ1n) is 18.4. The van der Waals surface area contributed by atoms with Crippen molar-refractivity contribution in [2.75, 3.05) is 24.6 Å². The van der Waals surface area contributed by atoms with Gasteiger partial charge in [0.1, 0.15) is 17.7 Å². The molecule has 2 N–H and O–H groups in total. The Morgan fingerprint density at radius 1 is 1.06 bits per heavy atom. The van der Waals surface area contributed by atoms with Crippen molar-refractivity contribution < 1.29 is 33.8 Å². The summed E-state index contributed by atoms with van der Waals surface area (Å²) in [5.74, 6) is -3.41. The van der Waals surface area contributed by atoms with Crippen LogP contribution in [0.25, 0.3) is 10.8 Å². The number of rotatable bonds is 17. The second kappa shape index (κ2) is 16.8. The number of aliphatic hydroxyl groups is 1. The molecule has 0 aromatic heterocycles. The second-order valence-corrected chi connectivity index (χ2v) is 15.4. The molecule has 0 radical (unpaired) electrons. The van der Waals surface area contributed by atoms with Crippen molar-refractivity contribution in [2.24, 2.45) is 11.8 Å². The molecular weight excluding hydrogens is 738 g/mol. The number of carbonyl (C=O) groups is 4. The van der Waals surface area contributed by atoms with Gasteiger partial charge in [0.2, 0.25) is 11.8 Å². The van der Waals surface area contributed by atoms with E-state index in [9.17, 15) is 19.5 Å². The number of esters is 1. The number of hydrogen-bond donors (Lipinski definition) is 2. The first-order chi connectivity index (χ1) is 25.6. The lowest BCUT2D eigenvalue weighted by Gasteiger charge is -2.37. The Balaban J connectivity index is 1.35. The highest BCUT2D eigenvalue weighted by atomic mass is 79.9. The van der Waals surface area contributed by atoms with Crippen LogP contribution < -0.4 is 10.2 Å². The molecule has 3 amide bonds. The summed E-state index contributed by atoms with van der Waals surface area (Å²) >= 11 is 3.77. The van der Waals surface area contributed by atoms with Crippen molar-refractivity contribution in [1.82, 2.24) is 10.2 Å². The van der Waals surface area contributed by atoms with Crippen molar-refractivity contribution >= 4 is 56.1 Å². The lowest BCUT2D eigenvalue weighted by molar-refractivity contribution is -0.162. The van der Waals surface area contributed by atoms with Gasteiger partial charge in [-0.1, -0.05) is 88.7 Å². The molecule has 3 fully saturated rings. The highest BCUT2D eigenvalue weighted by Crippen LogP contribution is 2.60. The van der Waals surface area contributed by atoms with E-state index >= 15 is 4.79 Å². The quantitative estimate of drug-likeness (QED) is 0.0742. The lowest BCUT2D eigenvalue weighted by atomic mass is 9.70. The molecule has 2 bridgehead atoms. The number of alkyl halides is 1. The van der Waals surface area contributed by atoms with Crippen LogP contribution in [0.3, 0.4) is 0 Å². The Hall–Kier alpha value is -4.32. The predicted octanol–water partition coefficient (Wildman–Crippen LogP) is 6.02. The molecule has 1 spiro atoms. The molecule has 6 rings (SSSR count). The van der Waals surface area contributed by atoms with Gasteiger partial charge in [-0.2, -0.15) is 0 Å². The Kier molecular flexibility index (Phi) is 12.2. The van der Waals surface area contributed by atoms with Crippen LogP contribution in [0.1, 0.15) is 57.1 Å². The van der Waals surface area contributed by atoms with Crippen LogP contribution in [0, 0.1) is 11.8 Å². The van der Waals surface area contributed by atoms with Gasteiger partial charge in [-0.15, -0.1) is 13.2 Å². The lowest BCUT2D eigenvalue weighted by Crippen LogP contribution is -2.57. The summed E-state index contributed by atoms with van der Waals surface area (Å²) in [6.07, 6.45) is 4.65. The number of halogens is 1. The summed E-state index contributed by atoms with van der Waals surface area (Å²) in [6, 6.07) is 21.3. The summed E-state index contributed by atoms with van der Waals surface area (Å²) in [5.41, 5.74) is 0.0598. The zero-order valence-corrected chi connectivity index (χ0v) is 31.7. The Bertz CT molecular complexity index is 1840. The number of benzene rings is 3. The fraction of sp³-hybridized carbons (Fsp3) is 0.429. The molecule has 1 unspecified atom stereocenters. The normalized spacial score (nSPS) is 25.5. The van der Waals surface area contributed by atoms with Crippen molar-refractivity contribution in [2.45, 2.75) is 80.2 Å². The minimum absolute atomic E-state index is 0.0254. The zero-order valence-electron chi connectivity index (χ0n) is 30.1. The Labute approximate surface area is 319 Å². The number of aliphatic hydroxyl groups excluding tert-OH is 1. The van der Waals surface area contributed by atoms with E-state index < -0.39 is 47.7 Å². The van der Waals surface area contributed by atoms with E-state index in [1.54, 1.807) is 28.9 Å². The van der Waals surface area contributed by atoms with Gasteiger partial charge in [0, 0.05) is 36.6 Å². The number of ether oxygens (including phenoxy) is 2. The molecule has 3 aliphatic heterocycles. The van der Waals surface area contributed by atoms with E-state index in [2.05, 4.69) is 34.4 Å². The van der Waals surface area contributed by atoms with Crippen molar-refractivity contribution in [3.63, 3.8) is 0 Å². The van der Waals surface area contributed by atoms with Gasteiger partial charge in [0.25, 0.3) is 5.91 Å². The van der Waals surface area contributed by atoms with Gasteiger partial charge < -0.3 is 29.7 Å². The molecule has 0 aliphatic carbocycles. The second-order valence-electron chi connectivity index (χ2n) is 14.2. The van der Waals surface area contributed by atoms with Gasteiger partial charge in [-0.3, -0.25) is 19.2 Å². The first-order valence-corrected chi connectivity index (χ1v) is 19.4. The van der Waals surface area contributed by atoms with Crippen molar-refractivity contribution in [3.05, 3.63) is 104 Å². The highest BCUT2D eigenvalue weighted by molar-refractivity contribution is 9.09. The number of allylic oxidation sites excluding steroid dienone is 1. The van der Waals surface area contributed by atoms with Crippen LogP contribution in [0.2, 0.25) is 0 Å². The van der Waals surface area contributed by atoms with Crippen molar-refractivity contribution in [1.29, 1.82) is 0 Å². The molecule has 10 nitrogen and oxygen atoms in total. The minimum atomic E-state index is -1.29. The van der Waals surface area contributed by atoms with Crippen LogP contribution in [-0.4, -0.2) is 82.0 Å². The van der Waals surface area contributed by atoms with E-state index in [-0.39, 0.29) is 48.7 Å². The van der Waals surface area contributed by atoms with Crippen LogP contribution in [-0.2, 0) is 28.7 Å². The van der Waals surface area contributed by atoms with E-state index in [0.29, 0.717) is 43.4 Å². The summed E-state index contributed by atoms with van der Waals surface area (Å²) in [7, 11) is 0. The largest absolute Gasteiger partial charge is 0.455 e. The summed E-state index contributed by atoms with van der Waals surface area (Å²) in [5, 5.41) is 14.4. The maximum Gasteiger partial charge on any atom is 0.313 e. The van der Waals surface area contributed by atoms with Gasteiger partial charge in [-0.05, 0) is 67.5 Å². The van der Waals surface area contributed by atoms with Gasteiger partial charge >= 0.3 is 5.97 Å². The number of unbranched alkanes of at least 4 members (excludes halogenated alkanes) is 2. The highest BCUT2D eigenvalue weighted by Gasteiger charge is 2.77. The number of anilines is 1. The van der Waals surface area contributed by atoms with Crippen LogP contribution in [0.15, 0.2) is 98.1 Å². The molecule has 280 valence electrons. The van der Waals surface area contributed by atoms with Crippen LogP contribution >= 0.6 is 15.9 Å². The standard InChI is InChI=1S/C42H48BrN3O7/c1-4-6-19-33(48)44-27(3)36(29-16-9-7-10-17-29)52-41(51)34-35-39(49)46(23-13-8-14-24-47)38(42(35)26-32(43)37(34)53-42)40(50)45(22-5-2)31-21-20-28-15-11-12-18-30(28)25-31/h4-5,7,9-12,15-18,20-21,25,27,32,34-38,47H,1-2,6,8,13-14,19,22-24,26H2,3H3,(H,44,48)/t27-,32?,34-,35+,36-,37-,38-,42+/m1/s1. The van der Waals surface area contributed by atoms with Crippen molar-refractivity contribution in [3.8, 4) is 0 Å². The predicted molar refractivity (Wildman–Crippen MR) is 207 cm³/mol. The first kappa shape index (κ1) is 38.4. The molecule has 0 saturated carbocycles. The maximum absolute atomic E-state index is 15.0. The Morgan fingerprint density at radius 3 is 2.51 bits per heavy atom. The van der Waals surface area contributed by atoms with E-state index in [1.807, 2.05) is 72.8 Å². The average molecular weight is 787 g/mol. The molecule has 3 aromatic carbocycles. The molecule has 11 heteroatoms. The number of nitrogens with one attached hydrogen (secondary N) is 1. The van der Waals surface area contributed by atoms with E-state index in [1.165, 1.54) is 0 Å². The number of hydrogen-bond acceptors (Lipinski definition) is 7. The molecule has 53 heavy (non-hydrogen) atoms. The monoisotopic (exact) mass is 785 g/mol. The van der Waals surface area contributed by atoms with Gasteiger partial charge in [-0.25, -0.2) is 0 Å². The Morgan fingerprint density at radius 2 is 1.79 bits per heavy atom. The topological polar surface area (TPSA) is 125 Å². The molecule has 3 saturated heterocycles. The number of nitrogens with zero attached hydrogens (tertiary/aromatic N) is 2. The van der Waals surface area contributed by atoms with E-state index in [0.717, 1.165) is 10.8 Å². The molecule has 3 aromatic rings. The van der Waals surface area contributed by atoms with Gasteiger partial charge in [0.05, 0.1) is 24.0 Å². The van der Waals surface area contributed by atoms with Gasteiger partial charge in [0.15, 0.2) is 0 Å². The smallest absolute Gasteiger partial charge is 0.313 e. The summed E-state index contributed by atoms with van der Waals surface area (Å²) in [6.45, 7) is 9.89. The number of amides is 3. The molecular formula is C42H48BrN3O7. The third kappa shape index (κ3) is 7.57. The summed E-state index contributed by atoms with van der Waals surface area (Å²) in [4.78, 5) is 59.9. The SMILES string of the molecule is C=CCCC(=O)N[C@H](C)[C@@H](OC(=O)[C@H]1[C@@H]2O[C@@]3(CC2Br)[C@@H]1C(=O)N(CCCCCO)[C@@H]3C(=O)N(CC=C)c1ccc2ccccc2c1)c1ccccc1. The fourth-order valence-corrected chi connectivity index (χ4v) is 9.32. The molecule has 3 aliphatic rings. The minimum Gasteiger partial charge on any atom is -0.455 e. The number of carbonyl (C=O) groups excluding carboxylic acids is 4. The third-order valence-corrected chi connectivity index (χ3v) is 11.6. The van der Waals surface area contributed by atoms with Crippen LogP contribution in [0.4, 0.5) is 5.69 Å². The molecule has 8 atom stereocenters. The third-order valence-electron chi connectivity index (χ3n) is 10.8. The number of fused-ring (bicyclic) bond motifs is 2. The molecule has 3 heterocycles. The average Bonchev–Trinajstić information content (AvgIpc) is 3.76. The number of likely N-dealkylation sites (tertiary alicyclic amines) is 1. The summed E-state index contributed by atoms with van der Waals surface area (Å²) < 4.78 is 13.1. The van der Waals surface area contributed by atoms with E-state index in [4.69, 9.17) is 9.47 Å². The zero-order chi connectivity index (χ0) is 37.7. The fourth-order valence-electron chi connectivity index (χ4n) is 8.37. The van der Waals surface area contributed by atoms with Crippen LogP contribution in [0.5, 0.6) is 0 Å².